The highest BCUT2D eigenvalue weighted by Crippen LogP contribution is 2.27. The number of nitrogens with zero attached hydrogens (tertiary/aromatic N) is 1. The quantitative estimate of drug-likeness (QED) is 0.570. The van der Waals surface area contributed by atoms with Gasteiger partial charge >= 0.3 is 0 Å². The van der Waals surface area contributed by atoms with Gasteiger partial charge in [-0.3, -0.25) is 4.79 Å². The maximum absolute atomic E-state index is 13.2. The minimum absolute atomic E-state index is 0.148. The van der Waals surface area contributed by atoms with Gasteiger partial charge in [-0.1, -0.05) is 39.8 Å². The van der Waals surface area contributed by atoms with Gasteiger partial charge in [0.05, 0.1) is 11.9 Å². The molecular formula is C18H14BrFN2O2S. The maximum Gasteiger partial charge on any atom is 0.256 e. The second kappa shape index (κ2) is 7.84. The number of benzene rings is 2. The predicted octanol–water partition coefficient (Wildman–Crippen LogP) is 5.28. The van der Waals surface area contributed by atoms with Gasteiger partial charge in [-0.05, 0) is 42.8 Å². The van der Waals surface area contributed by atoms with E-state index in [2.05, 4.69) is 26.2 Å². The summed E-state index contributed by atoms with van der Waals surface area (Å²) in [6.45, 7) is 1.65. The number of carbonyl (C=O) groups excluding carboxylic acids is 1. The van der Waals surface area contributed by atoms with E-state index in [1.807, 2.05) is 24.3 Å². The van der Waals surface area contributed by atoms with E-state index in [4.69, 9.17) is 4.42 Å². The second-order valence-electron chi connectivity index (χ2n) is 5.30. The lowest BCUT2D eigenvalue weighted by atomic mass is 10.2. The summed E-state index contributed by atoms with van der Waals surface area (Å²) in [5, 5.41) is 3.14. The first-order valence-electron chi connectivity index (χ1n) is 7.42. The fourth-order valence-electron chi connectivity index (χ4n) is 2.15. The molecule has 1 amide bonds. The third-order valence-electron chi connectivity index (χ3n) is 3.36. The molecular weight excluding hydrogens is 407 g/mol. The van der Waals surface area contributed by atoms with E-state index < -0.39 is 0 Å². The maximum atomic E-state index is 13.2. The van der Waals surface area contributed by atoms with Gasteiger partial charge in [-0.15, -0.1) is 0 Å². The van der Waals surface area contributed by atoms with E-state index in [-0.39, 0.29) is 17.5 Å². The van der Waals surface area contributed by atoms with Gasteiger partial charge in [0.25, 0.3) is 5.22 Å². The largest absolute Gasteiger partial charge is 0.431 e. The Morgan fingerprint density at radius 3 is 2.92 bits per heavy atom. The molecule has 0 saturated heterocycles. The molecule has 1 aromatic heterocycles. The van der Waals surface area contributed by atoms with Crippen molar-refractivity contribution in [3.05, 3.63) is 64.5 Å². The van der Waals surface area contributed by atoms with Crippen molar-refractivity contribution in [3.8, 4) is 11.3 Å². The van der Waals surface area contributed by atoms with Crippen LogP contribution in [0.15, 0.2) is 62.8 Å². The van der Waals surface area contributed by atoms with Crippen LogP contribution >= 0.6 is 27.7 Å². The smallest absolute Gasteiger partial charge is 0.256 e. The fourth-order valence-corrected chi connectivity index (χ4v) is 3.15. The Morgan fingerprint density at radius 1 is 1.32 bits per heavy atom. The summed E-state index contributed by atoms with van der Waals surface area (Å²) in [4.78, 5) is 16.2. The molecule has 1 heterocycles. The SMILES string of the molecule is Cc1cc(NC(=O)CSc2ncc(-c3cccc(Br)c3)o2)ccc1F. The summed E-state index contributed by atoms with van der Waals surface area (Å²) >= 11 is 4.61. The van der Waals surface area contributed by atoms with Crippen LogP contribution in [0.25, 0.3) is 11.3 Å². The van der Waals surface area contributed by atoms with Crippen molar-refractivity contribution in [3.63, 3.8) is 0 Å². The average Bonchev–Trinajstić information content (AvgIpc) is 3.05. The molecule has 25 heavy (non-hydrogen) atoms. The van der Waals surface area contributed by atoms with Crippen LogP contribution in [0.3, 0.4) is 0 Å². The van der Waals surface area contributed by atoms with Crippen LogP contribution < -0.4 is 5.32 Å². The fraction of sp³-hybridized carbons (Fsp3) is 0.111. The van der Waals surface area contributed by atoms with Gasteiger partial charge in [0.15, 0.2) is 5.76 Å². The molecule has 3 aromatic rings. The predicted molar refractivity (Wildman–Crippen MR) is 100 cm³/mol. The molecule has 128 valence electrons. The standard InChI is InChI=1S/C18H14BrFN2O2S/c1-11-7-14(5-6-15(11)20)22-17(23)10-25-18-21-9-16(24-18)12-3-2-4-13(19)8-12/h2-9H,10H2,1H3,(H,22,23). The van der Waals surface area contributed by atoms with Crippen LogP contribution in [0.5, 0.6) is 0 Å². The molecule has 2 aromatic carbocycles. The van der Waals surface area contributed by atoms with Gasteiger partial charge in [0.1, 0.15) is 5.82 Å². The van der Waals surface area contributed by atoms with Crippen LogP contribution in [0.4, 0.5) is 10.1 Å². The lowest BCUT2D eigenvalue weighted by Crippen LogP contribution is -2.14. The normalized spacial score (nSPS) is 10.7. The minimum atomic E-state index is -0.299. The Balaban J connectivity index is 1.58. The molecule has 0 atom stereocenters. The Kier molecular flexibility index (Phi) is 5.55. The summed E-state index contributed by atoms with van der Waals surface area (Å²) < 4.78 is 19.8. The first-order chi connectivity index (χ1) is 12.0. The molecule has 0 radical (unpaired) electrons. The summed E-state index contributed by atoms with van der Waals surface area (Å²) in [5.41, 5.74) is 1.95. The monoisotopic (exact) mass is 420 g/mol. The third-order valence-corrected chi connectivity index (χ3v) is 4.70. The van der Waals surface area contributed by atoms with Crippen LogP contribution in [-0.2, 0) is 4.79 Å². The van der Waals surface area contributed by atoms with Crippen molar-refractivity contribution in [1.82, 2.24) is 4.98 Å². The third kappa shape index (κ3) is 4.70. The molecule has 0 saturated carbocycles. The van der Waals surface area contributed by atoms with Gasteiger partial charge in [-0.25, -0.2) is 9.37 Å². The molecule has 0 aliphatic rings. The van der Waals surface area contributed by atoms with E-state index in [0.29, 0.717) is 22.2 Å². The molecule has 0 spiro atoms. The van der Waals surface area contributed by atoms with Crippen molar-refractivity contribution in [2.45, 2.75) is 12.1 Å². The topological polar surface area (TPSA) is 55.1 Å². The summed E-state index contributed by atoms with van der Waals surface area (Å²) in [5.74, 6) is 0.276. The zero-order chi connectivity index (χ0) is 17.8. The van der Waals surface area contributed by atoms with E-state index in [9.17, 15) is 9.18 Å². The number of aromatic nitrogens is 1. The van der Waals surface area contributed by atoms with Gasteiger partial charge < -0.3 is 9.73 Å². The number of oxazole rings is 1. The van der Waals surface area contributed by atoms with Crippen LogP contribution in [0, 0.1) is 12.7 Å². The highest BCUT2D eigenvalue weighted by atomic mass is 79.9. The highest BCUT2D eigenvalue weighted by Gasteiger charge is 2.10. The zero-order valence-corrected chi connectivity index (χ0v) is 15.7. The van der Waals surface area contributed by atoms with Crippen molar-refractivity contribution in [1.29, 1.82) is 0 Å². The van der Waals surface area contributed by atoms with Gasteiger partial charge in [0, 0.05) is 15.7 Å². The summed E-state index contributed by atoms with van der Waals surface area (Å²) in [6, 6.07) is 12.1. The van der Waals surface area contributed by atoms with Crippen molar-refractivity contribution in [2.24, 2.45) is 0 Å². The van der Waals surface area contributed by atoms with E-state index in [1.165, 1.54) is 23.9 Å². The van der Waals surface area contributed by atoms with Gasteiger partial charge in [-0.2, -0.15) is 0 Å². The molecule has 0 aliphatic heterocycles. The number of amides is 1. The molecule has 0 fully saturated rings. The number of thioether (sulfide) groups is 1. The number of carbonyl (C=O) groups is 1. The minimum Gasteiger partial charge on any atom is -0.431 e. The Labute approximate surface area is 157 Å². The molecule has 7 heteroatoms. The Morgan fingerprint density at radius 2 is 2.16 bits per heavy atom. The lowest BCUT2D eigenvalue weighted by Gasteiger charge is -2.05. The van der Waals surface area contributed by atoms with E-state index in [1.54, 1.807) is 19.2 Å². The van der Waals surface area contributed by atoms with Crippen LogP contribution in [0.2, 0.25) is 0 Å². The first-order valence-corrected chi connectivity index (χ1v) is 9.20. The molecule has 1 N–H and O–H groups in total. The molecule has 4 nitrogen and oxygen atoms in total. The number of rotatable bonds is 5. The summed E-state index contributed by atoms with van der Waals surface area (Å²) in [7, 11) is 0. The number of halogens is 2. The highest BCUT2D eigenvalue weighted by molar-refractivity contribution is 9.10. The Hall–Kier alpha value is -2.12. The molecule has 0 aliphatic carbocycles. The van der Waals surface area contributed by atoms with Gasteiger partial charge in [0.2, 0.25) is 5.91 Å². The number of hydrogen-bond donors (Lipinski definition) is 1. The zero-order valence-electron chi connectivity index (χ0n) is 13.3. The molecule has 0 bridgehead atoms. The second-order valence-corrected chi connectivity index (χ2v) is 7.14. The van der Waals surface area contributed by atoms with Crippen LogP contribution in [0.1, 0.15) is 5.56 Å². The average molecular weight is 421 g/mol. The number of aryl methyl sites for hydroxylation is 1. The van der Waals surface area contributed by atoms with Crippen molar-refractivity contribution < 1.29 is 13.6 Å². The summed E-state index contributed by atoms with van der Waals surface area (Å²) in [6.07, 6.45) is 1.63. The van der Waals surface area contributed by atoms with Crippen molar-refractivity contribution >= 4 is 39.3 Å². The van der Waals surface area contributed by atoms with Crippen LogP contribution in [-0.4, -0.2) is 16.6 Å². The molecule has 3 rings (SSSR count). The lowest BCUT2D eigenvalue weighted by molar-refractivity contribution is -0.113. The number of nitrogens with one attached hydrogen (secondary N) is 1. The number of hydrogen-bond acceptors (Lipinski definition) is 4. The molecule has 0 unspecified atom stereocenters. The van der Waals surface area contributed by atoms with Crippen molar-refractivity contribution in [2.75, 3.05) is 11.1 Å². The van der Waals surface area contributed by atoms with E-state index >= 15 is 0 Å². The first kappa shape index (κ1) is 17.7. The Bertz CT molecular complexity index is 914. The van der Waals surface area contributed by atoms with E-state index in [0.717, 1.165) is 10.0 Å². The number of anilines is 1.